The number of benzene rings is 1. The highest BCUT2D eigenvalue weighted by molar-refractivity contribution is 6.05. The van der Waals surface area contributed by atoms with Crippen molar-refractivity contribution < 1.29 is 9.59 Å². The summed E-state index contributed by atoms with van der Waals surface area (Å²) in [4.78, 5) is 33.1. The number of nitrogens with one attached hydrogen (secondary N) is 1. The zero-order chi connectivity index (χ0) is 18.5. The Kier molecular flexibility index (Phi) is 5.25. The van der Waals surface area contributed by atoms with E-state index in [2.05, 4.69) is 15.2 Å². The molecule has 1 N–H and O–H groups in total. The highest BCUT2D eigenvalue weighted by atomic mass is 16.2. The second-order valence-electron chi connectivity index (χ2n) is 6.17. The van der Waals surface area contributed by atoms with Gasteiger partial charge in [0.1, 0.15) is 5.69 Å². The van der Waals surface area contributed by atoms with Crippen LogP contribution in [0.1, 0.15) is 26.4 Å². The Bertz CT molecular complexity index is 866. The van der Waals surface area contributed by atoms with E-state index in [0.717, 1.165) is 13.1 Å². The quantitative estimate of drug-likeness (QED) is 0.909. The summed E-state index contributed by atoms with van der Waals surface area (Å²) in [6.07, 6.45) is 1.46. The molecule has 1 fully saturated rings. The number of aromatic nitrogens is 1. The number of rotatable bonds is 3. The largest absolute Gasteiger partial charge is 0.335 e. The van der Waals surface area contributed by atoms with Gasteiger partial charge in [0.05, 0.1) is 11.6 Å². The minimum absolute atomic E-state index is 0.167. The summed E-state index contributed by atoms with van der Waals surface area (Å²) in [6, 6.07) is 11.7. The number of piperazine rings is 1. The molecule has 0 saturated carbocycles. The van der Waals surface area contributed by atoms with Crippen LogP contribution in [0.2, 0.25) is 0 Å². The van der Waals surface area contributed by atoms with Gasteiger partial charge in [-0.2, -0.15) is 5.26 Å². The lowest BCUT2D eigenvalue weighted by Crippen LogP contribution is -2.47. The summed E-state index contributed by atoms with van der Waals surface area (Å²) < 4.78 is 0. The van der Waals surface area contributed by atoms with Crippen LogP contribution in [0.4, 0.5) is 5.69 Å². The fourth-order valence-corrected chi connectivity index (χ4v) is 2.73. The maximum absolute atomic E-state index is 12.6. The van der Waals surface area contributed by atoms with Gasteiger partial charge in [0.25, 0.3) is 11.8 Å². The number of nitriles is 1. The highest BCUT2D eigenvalue weighted by Crippen LogP contribution is 2.13. The number of hydrogen-bond donors (Lipinski definition) is 1. The Hall–Kier alpha value is -3.24. The third-order valence-electron chi connectivity index (χ3n) is 4.28. The maximum atomic E-state index is 12.6. The van der Waals surface area contributed by atoms with Gasteiger partial charge in [-0.3, -0.25) is 14.6 Å². The van der Waals surface area contributed by atoms with Crippen LogP contribution in [0.25, 0.3) is 0 Å². The summed E-state index contributed by atoms with van der Waals surface area (Å²) in [6.45, 7) is 2.94. The van der Waals surface area contributed by atoms with Crippen LogP contribution >= 0.6 is 0 Å². The van der Waals surface area contributed by atoms with E-state index >= 15 is 0 Å². The minimum Gasteiger partial charge on any atom is -0.335 e. The summed E-state index contributed by atoms with van der Waals surface area (Å²) in [5.74, 6) is -0.519. The molecule has 7 nitrogen and oxygen atoms in total. The lowest BCUT2D eigenvalue weighted by atomic mass is 10.1. The summed E-state index contributed by atoms with van der Waals surface area (Å²) in [7, 11) is 2.02. The number of amides is 2. The standard InChI is InChI=1S/C19H19N5O2/c1-23-7-9-24(10-8-23)19(26)17-12-15(5-6-21-17)18(25)22-16-4-2-3-14(11-16)13-20/h2-6,11-12H,7-10H2,1H3,(H,22,25). The van der Waals surface area contributed by atoms with Gasteiger partial charge in [-0.15, -0.1) is 0 Å². The lowest BCUT2D eigenvalue weighted by Gasteiger charge is -2.32. The van der Waals surface area contributed by atoms with Crippen LogP contribution in [0.3, 0.4) is 0 Å². The van der Waals surface area contributed by atoms with Crippen molar-refractivity contribution in [2.45, 2.75) is 0 Å². The Balaban J connectivity index is 1.73. The fraction of sp³-hybridized carbons (Fsp3) is 0.263. The van der Waals surface area contributed by atoms with Crippen molar-refractivity contribution in [3.63, 3.8) is 0 Å². The molecule has 0 aliphatic carbocycles. The van der Waals surface area contributed by atoms with Crippen LogP contribution in [0, 0.1) is 11.3 Å². The molecule has 1 aromatic carbocycles. The molecule has 3 rings (SSSR count). The van der Waals surface area contributed by atoms with E-state index in [-0.39, 0.29) is 17.5 Å². The molecule has 1 aliphatic heterocycles. The second kappa shape index (κ2) is 7.76. The second-order valence-corrected chi connectivity index (χ2v) is 6.17. The molecule has 0 bridgehead atoms. The van der Waals surface area contributed by atoms with Crippen molar-refractivity contribution in [1.82, 2.24) is 14.8 Å². The smallest absolute Gasteiger partial charge is 0.272 e. The number of carbonyl (C=O) groups excluding carboxylic acids is 2. The van der Waals surface area contributed by atoms with E-state index in [1.807, 2.05) is 13.1 Å². The van der Waals surface area contributed by atoms with Crippen molar-refractivity contribution in [2.24, 2.45) is 0 Å². The first-order valence-corrected chi connectivity index (χ1v) is 8.32. The molecular formula is C19H19N5O2. The van der Waals surface area contributed by atoms with Crippen LogP contribution in [-0.2, 0) is 0 Å². The van der Waals surface area contributed by atoms with Crippen molar-refractivity contribution in [3.8, 4) is 6.07 Å². The van der Waals surface area contributed by atoms with Crippen LogP contribution in [0.5, 0.6) is 0 Å². The SMILES string of the molecule is CN1CCN(C(=O)c2cc(C(=O)Nc3cccc(C#N)c3)ccn2)CC1. The van der Waals surface area contributed by atoms with E-state index in [4.69, 9.17) is 5.26 Å². The molecule has 1 saturated heterocycles. The van der Waals surface area contributed by atoms with Gasteiger partial charge in [0.2, 0.25) is 0 Å². The summed E-state index contributed by atoms with van der Waals surface area (Å²) in [5.41, 5.74) is 1.59. The molecular weight excluding hydrogens is 330 g/mol. The molecule has 1 aliphatic rings. The molecule has 2 aromatic rings. The van der Waals surface area contributed by atoms with E-state index in [0.29, 0.717) is 29.9 Å². The average molecular weight is 349 g/mol. The minimum atomic E-state index is -0.352. The molecule has 2 amide bonds. The number of likely N-dealkylation sites (N-methyl/N-ethyl adjacent to an activating group) is 1. The predicted molar refractivity (Wildman–Crippen MR) is 96.7 cm³/mol. The number of anilines is 1. The number of hydrogen-bond acceptors (Lipinski definition) is 5. The molecule has 0 radical (unpaired) electrons. The third kappa shape index (κ3) is 4.05. The molecule has 7 heteroatoms. The number of pyridine rings is 1. The molecule has 0 spiro atoms. The van der Waals surface area contributed by atoms with Crippen LogP contribution < -0.4 is 5.32 Å². The van der Waals surface area contributed by atoms with Crippen molar-refractivity contribution in [2.75, 3.05) is 38.5 Å². The first kappa shape index (κ1) is 17.6. The van der Waals surface area contributed by atoms with Gasteiger partial charge in [0, 0.05) is 43.6 Å². The first-order valence-electron chi connectivity index (χ1n) is 8.32. The van der Waals surface area contributed by atoms with Gasteiger partial charge >= 0.3 is 0 Å². The Labute approximate surface area is 151 Å². The topological polar surface area (TPSA) is 89.3 Å². The summed E-state index contributed by atoms with van der Waals surface area (Å²) >= 11 is 0. The summed E-state index contributed by atoms with van der Waals surface area (Å²) in [5, 5.41) is 11.7. The van der Waals surface area contributed by atoms with Gasteiger partial charge < -0.3 is 15.1 Å². The molecule has 0 atom stereocenters. The predicted octanol–water partition coefficient (Wildman–Crippen LogP) is 1.59. The molecule has 26 heavy (non-hydrogen) atoms. The van der Waals surface area contributed by atoms with E-state index in [1.54, 1.807) is 35.2 Å². The highest BCUT2D eigenvalue weighted by Gasteiger charge is 2.22. The zero-order valence-corrected chi connectivity index (χ0v) is 14.5. The Morgan fingerprint density at radius 2 is 1.92 bits per heavy atom. The average Bonchev–Trinajstić information content (AvgIpc) is 2.68. The fourth-order valence-electron chi connectivity index (χ4n) is 2.73. The first-order chi connectivity index (χ1) is 12.6. The molecule has 2 heterocycles. The Morgan fingerprint density at radius 1 is 1.15 bits per heavy atom. The lowest BCUT2D eigenvalue weighted by molar-refractivity contribution is 0.0658. The van der Waals surface area contributed by atoms with Gasteiger partial charge in [0.15, 0.2) is 0 Å². The monoisotopic (exact) mass is 349 g/mol. The van der Waals surface area contributed by atoms with Gasteiger partial charge in [-0.1, -0.05) is 6.07 Å². The van der Waals surface area contributed by atoms with Crippen molar-refractivity contribution in [3.05, 3.63) is 59.4 Å². The van der Waals surface area contributed by atoms with Crippen molar-refractivity contribution in [1.29, 1.82) is 5.26 Å². The number of carbonyl (C=O) groups is 2. The van der Waals surface area contributed by atoms with E-state index in [9.17, 15) is 9.59 Å². The van der Waals surface area contributed by atoms with E-state index < -0.39 is 0 Å². The molecule has 0 unspecified atom stereocenters. The van der Waals surface area contributed by atoms with Gasteiger partial charge in [-0.05, 0) is 37.4 Å². The number of nitrogens with zero attached hydrogens (tertiary/aromatic N) is 4. The van der Waals surface area contributed by atoms with E-state index in [1.165, 1.54) is 12.3 Å². The van der Waals surface area contributed by atoms with Gasteiger partial charge in [-0.25, -0.2) is 0 Å². The van der Waals surface area contributed by atoms with Crippen LogP contribution in [-0.4, -0.2) is 59.8 Å². The van der Waals surface area contributed by atoms with Crippen LogP contribution in [0.15, 0.2) is 42.6 Å². The molecule has 1 aromatic heterocycles. The normalized spacial score (nSPS) is 14.5. The Morgan fingerprint density at radius 3 is 2.65 bits per heavy atom. The molecule has 132 valence electrons. The third-order valence-corrected chi connectivity index (χ3v) is 4.28. The van der Waals surface area contributed by atoms with Crippen molar-refractivity contribution >= 4 is 17.5 Å². The zero-order valence-electron chi connectivity index (χ0n) is 14.5. The maximum Gasteiger partial charge on any atom is 0.272 e.